The molecule has 5 heteroatoms. The maximum atomic E-state index is 6.60. The maximum absolute atomic E-state index is 6.60. The summed E-state index contributed by atoms with van der Waals surface area (Å²) in [5, 5.41) is 1.29. The molecule has 0 spiro atoms. The Morgan fingerprint density at radius 1 is 0.686 bits per heavy atom. The average Bonchev–Trinajstić information content (AvgIpc) is 3.25. The van der Waals surface area contributed by atoms with Crippen molar-refractivity contribution in [1.29, 1.82) is 0 Å². The predicted molar refractivity (Wildman–Crippen MR) is 161 cm³/mol. The molecule has 2 unspecified atom stereocenters. The second-order valence-corrected chi connectivity index (χ2v) is 13.5. The summed E-state index contributed by atoms with van der Waals surface area (Å²) in [4.78, 5) is 2.25. The quantitative estimate of drug-likeness (QED) is 0.0816. The summed E-state index contributed by atoms with van der Waals surface area (Å²) in [5.74, 6) is 2.41. The maximum Gasteiger partial charge on any atom is 0.168 e. The highest BCUT2D eigenvalue weighted by Crippen LogP contribution is 2.35. The third-order valence-corrected chi connectivity index (χ3v) is 9.62. The minimum atomic E-state index is -0.286. The summed E-state index contributed by atoms with van der Waals surface area (Å²) in [6.07, 6.45) is 25.3. The molecule has 35 heavy (non-hydrogen) atoms. The Kier molecular flexibility index (Phi) is 22.7. The van der Waals surface area contributed by atoms with Gasteiger partial charge in [0, 0.05) is 24.5 Å². The van der Waals surface area contributed by atoms with Crippen LogP contribution >= 0.6 is 23.5 Å². The molecule has 1 aliphatic rings. The number of hydrogen-bond donors (Lipinski definition) is 0. The monoisotopic (exact) mass is 531 g/mol. The minimum Gasteiger partial charge on any atom is -0.347 e. The van der Waals surface area contributed by atoms with Gasteiger partial charge in [0.2, 0.25) is 0 Å². The highest BCUT2D eigenvalue weighted by Gasteiger charge is 2.40. The lowest BCUT2D eigenvalue weighted by atomic mass is 9.99. The SMILES string of the molecule is CCCCCCCCCC1(CCCCCCCCSCSCCCCC)OCC(CCN(C)C)O1. The van der Waals surface area contributed by atoms with E-state index in [1.165, 1.54) is 119 Å². The number of hydrogen-bond acceptors (Lipinski definition) is 5. The van der Waals surface area contributed by atoms with Gasteiger partial charge in [0.15, 0.2) is 5.79 Å². The molecule has 3 nitrogen and oxygen atoms in total. The van der Waals surface area contributed by atoms with Crippen molar-refractivity contribution in [1.82, 2.24) is 4.90 Å². The normalized spacial score (nSPS) is 20.3. The van der Waals surface area contributed by atoms with Gasteiger partial charge in [-0.2, -0.15) is 23.5 Å². The van der Waals surface area contributed by atoms with Crippen LogP contribution in [0.1, 0.15) is 136 Å². The fourth-order valence-electron chi connectivity index (χ4n) is 4.84. The largest absolute Gasteiger partial charge is 0.347 e. The van der Waals surface area contributed by atoms with E-state index in [2.05, 4.69) is 56.4 Å². The van der Waals surface area contributed by atoms with Crippen LogP contribution in [0.4, 0.5) is 0 Å². The average molecular weight is 532 g/mol. The van der Waals surface area contributed by atoms with Crippen molar-refractivity contribution in [3.8, 4) is 0 Å². The molecule has 0 saturated carbocycles. The van der Waals surface area contributed by atoms with Gasteiger partial charge in [0.25, 0.3) is 0 Å². The van der Waals surface area contributed by atoms with Gasteiger partial charge in [-0.1, -0.05) is 90.9 Å². The van der Waals surface area contributed by atoms with Crippen LogP contribution in [0.2, 0.25) is 0 Å². The van der Waals surface area contributed by atoms with Crippen LogP contribution in [-0.2, 0) is 9.47 Å². The van der Waals surface area contributed by atoms with Gasteiger partial charge in [-0.3, -0.25) is 0 Å². The molecular formula is C30H61NO2S2. The fourth-order valence-corrected chi connectivity index (χ4v) is 7.07. The van der Waals surface area contributed by atoms with E-state index in [4.69, 9.17) is 9.47 Å². The fraction of sp³-hybridized carbons (Fsp3) is 1.00. The van der Waals surface area contributed by atoms with Gasteiger partial charge in [-0.05, 0) is 57.7 Å². The first-order valence-electron chi connectivity index (χ1n) is 15.2. The lowest BCUT2D eigenvalue weighted by molar-refractivity contribution is -0.180. The van der Waals surface area contributed by atoms with E-state index >= 15 is 0 Å². The van der Waals surface area contributed by atoms with E-state index in [0.29, 0.717) is 0 Å². The standard InChI is InChI=1S/C30H61NO2S2/c1-5-7-9-10-11-14-17-22-30(32-27-29(33-30)21-24-31(3)4)23-18-15-12-13-16-20-26-35-28-34-25-19-8-6-2/h29H,5-28H2,1-4H3. The van der Waals surface area contributed by atoms with Crippen molar-refractivity contribution in [2.24, 2.45) is 0 Å². The highest BCUT2D eigenvalue weighted by molar-refractivity contribution is 8.15. The molecule has 210 valence electrons. The zero-order valence-electron chi connectivity index (χ0n) is 24.1. The molecule has 0 N–H and O–H groups in total. The van der Waals surface area contributed by atoms with Crippen LogP contribution in [0.25, 0.3) is 0 Å². The van der Waals surface area contributed by atoms with Crippen molar-refractivity contribution < 1.29 is 9.47 Å². The Morgan fingerprint density at radius 2 is 1.17 bits per heavy atom. The lowest BCUT2D eigenvalue weighted by Crippen LogP contribution is -2.31. The molecule has 1 saturated heterocycles. The molecule has 2 atom stereocenters. The van der Waals surface area contributed by atoms with Crippen LogP contribution in [0.15, 0.2) is 0 Å². The summed E-state index contributed by atoms with van der Waals surface area (Å²) in [5.41, 5.74) is 0. The van der Waals surface area contributed by atoms with Gasteiger partial charge in [-0.25, -0.2) is 0 Å². The molecule has 1 aliphatic heterocycles. The highest BCUT2D eigenvalue weighted by atomic mass is 32.2. The van der Waals surface area contributed by atoms with Crippen LogP contribution in [0.3, 0.4) is 0 Å². The Morgan fingerprint density at radius 3 is 1.74 bits per heavy atom. The molecule has 1 rings (SSSR count). The molecule has 0 amide bonds. The molecule has 1 heterocycles. The smallest absolute Gasteiger partial charge is 0.168 e. The van der Waals surface area contributed by atoms with E-state index < -0.39 is 0 Å². The first kappa shape index (κ1) is 33.6. The second kappa shape index (κ2) is 23.7. The predicted octanol–water partition coefficient (Wildman–Crippen LogP) is 9.54. The van der Waals surface area contributed by atoms with E-state index in [9.17, 15) is 0 Å². The number of ether oxygens (including phenoxy) is 2. The van der Waals surface area contributed by atoms with Crippen molar-refractivity contribution in [3.63, 3.8) is 0 Å². The number of rotatable bonds is 26. The summed E-state index contributed by atoms with van der Waals surface area (Å²) in [6, 6.07) is 0. The van der Waals surface area contributed by atoms with Crippen molar-refractivity contribution in [3.05, 3.63) is 0 Å². The Bertz CT molecular complexity index is 452. The third kappa shape index (κ3) is 19.3. The molecular weight excluding hydrogens is 470 g/mol. The number of unbranched alkanes of at least 4 members (excludes halogenated alkanes) is 13. The molecule has 0 bridgehead atoms. The molecule has 0 aromatic carbocycles. The second-order valence-electron chi connectivity index (χ2n) is 10.9. The Balaban J connectivity index is 2.15. The molecule has 0 aliphatic carbocycles. The zero-order chi connectivity index (χ0) is 25.5. The minimum absolute atomic E-state index is 0.282. The van der Waals surface area contributed by atoms with Crippen LogP contribution in [0.5, 0.6) is 0 Å². The topological polar surface area (TPSA) is 21.7 Å². The lowest BCUT2D eigenvalue weighted by Gasteiger charge is -2.29. The first-order chi connectivity index (χ1) is 17.1. The molecule has 0 radical (unpaired) electrons. The van der Waals surface area contributed by atoms with Crippen molar-refractivity contribution in [2.45, 2.75) is 148 Å². The number of thioether (sulfide) groups is 2. The summed E-state index contributed by atoms with van der Waals surface area (Å²) in [7, 11) is 4.29. The molecule has 1 fully saturated rings. The van der Waals surface area contributed by atoms with Gasteiger partial charge < -0.3 is 14.4 Å². The third-order valence-electron chi connectivity index (χ3n) is 7.13. The first-order valence-corrected chi connectivity index (χ1v) is 17.5. The van der Waals surface area contributed by atoms with E-state index in [1.54, 1.807) is 0 Å². The van der Waals surface area contributed by atoms with Crippen LogP contribution in [0, 0.1) is 0 Å². The van der Waals surface area contributed by atoms with E-state index in [1.807, 2.05) is 0 Å². The van der Waals surface area contributed by atoms with Crippen molar-refractivity contribution in [2.75, 3.05) is 43.8 Å². The molecule has 0 aromatic rings. The van der Waals surface area contributed by atoms with Crippen LogP contribution in [-0.4, -0.2) is 60.6 Å². The Labute approximate surface area is 229 Å². The van der Waals surface area contributed by atoms with Gasteiger partial charge in [-0.15, -0.1) is 0 Å². The molecule has 0 aromatic heterocycles. The summed E-state index contributed by atoms with van der Waals surface area (Å²) >= 11 is 4.28. The summed E-state index contributed by atoms with van der Waals surface area (Å²) in [6.45, 7) is 6.45. The van der Waals surface area contributed by atoms with Gasteiger partial charge in [0.1, 0.15) is 0 Å². The van der Waals surface area contributed by atoms with Gasteiger partial charge >= 0.3 is 0 Å². The Hall–Kier alpha value is 0.580. The zero-order valence-corrected chi connectivity index (χ0v) is 25.8. The van der Waals surface area contributed by atoms with Crippen molar-refractivity contribution >= 4 is 23.5 Å². The number of nitrogens with zero attached hydrogens (tertiary/aromatic N) is 1. The summed E-state index contributed by atoms with van der Waals surface area (Å²) < 4.78 is 13.0. The van der Waals surface area contributed by atoms with Gasteiger partial charge in [0.05, 0.1) is 12.7 Å². The van der Waals surface area contributed by atoms with E-state index in [-0.39, 0.29) is 11.9 Å². The van der Waals surface area contributed by atoms with E-state index in [0.717, 1.165) is 32.4 Å². The van der Waals surface area contributed by atoms with Crippen LogP contribution < -0.4 is 0 Å².